The van der Waals surface area contributed by atoms with E-state index in [1.807, 2.05) is 58.9 Å². The zero-order chi connectivity index (χ0) is 47.0. The van der Waals surface area contributed by atoms with Gasteiger partial charge in [-0.3, -0.25) is 18.7 Å². The molecule has 13 heteroatoms. The van der Waals surface area contributed by atoms with E-state index < -0.39 is 28.4 Å². The Kier molecular flexibility index (Phi) is 23.9. The number of aliphatic hydroxyl groups excluding tert-OH is 1. The molecule has 0 spiro atoms. The van der Waals surface area contributed by atoms with Gasteiger partial charge in [-0.25, -0.2) is 13.2 Å². The van der Waals surface area contributed by atoms with Gasteiger partial charge < -0.3 is 20.8 Å². The van der Waals surface area contributed by atoms with Crippen molar-refractivity contribution in [3.05, 3.63) is 153 Å². The predicted molar refractivity (Wildman–Crippen MR) is 257 cm³/mol. The van der Waals surface area contributed by atoms with Crippen molar-refractivity contribution in [3.8, 4) is 0 Å². The Morgan fingerprint density at radius 2 is 1.62 bits per heavy atom. The highest BCUT2D eigenvalue weighted by atomic mass is 32.2. The number of fused-ring (bicyclic) bond motifs is 1. The number of aromatic carboxylic acids is 1. The Bertz CT molecular complexity index is 2280. The van der Waals surface area contributed by atoms with Crippen LogP contribution in [0.1, 0.15) is 122 Å². The summed E-state index contributed by atoms with van der Waals surface area (Å²) in [6, 6.07) is 13.6. The number of allylic oxidation sites excluding steroid dienone is 8. The number of anilines is 1. The van der Waals surface area contributed by atoms with Gasteiger partial charge in [-0.2, -0.15) is 0 Å². The van der Waals surface area contributed by atoms with Gasteiger partial charge in [0.1, 0.15) is 11.6 Å². The van der Waals surface area contributed by atoms with Crippen LogP contribution in [-0.2, 0) is 38.9 Å². The third-order valence-corrected chi connectivity index (χ3v) is 13.0. The maximum Gasteiger partial charge on any atom is 0.335 e. The van der Waals surface area contributed by atoms with E-state index in [1.54, 1.807) is 31.2 Å². The molecule has 0 unspecified atom stereocenters. The molecule has 2 aliphatic carbocycles. The Hall–Kier alpha value is -5.63. The number of ketones is 1. The number of aryl methyl sites for hydroxylation is 3. The van der Waals surface area contributed by atoms with E-state index in [4.69, 9.17) is 10.2 Å². The molecule has 11 nitrogen and oxygen atoms in total. The topological polar surface area (TPSA) is 170 Å². The molecular formula is C50H65N3O8S2. The molecule has 3 aromatic rings. The molecule has 1 heterocycles. The third kappa shape index (κ3) is 16.5. The average molecular weight is 900 g/mol. The van der Waals surface area contributed by atoms with Gasteiger partial charge in [0.05, 0.1) is 16.0 Å². The Labute approximate surface area is 378 Å². The molecule has 2 aromatic carbocycles. The monoisotopic (exact) mass is 899 g/mol. The number of carboxylic acid groups (broad SMARTS) is 1. The molecule has 0 radical (unpaired) electrons. The summed E-state index contributed by atoms with van der Waals surface area (Å²) in [7, 11) is -2.32. The molecule has 1 aromatic heterocycles. The number of nitrogens with one attached hydrogen (secondary N) is 2. The molecule has 5 rings (SSSR count). The zero-order valence-electron chi connectivity index (χ0n) is 37.8. The summed E-state index contributed by atoms with van der Waals surface area (Å²) in [4.78, 5) is 48.4. The van der Waals surface area contributed by atoms with Crippen LogP contribution in [0, 0.1) is 6.92 Å². The van der Waals surface area contributed by atoms with Crippen LogP contribution in [-0.4, -0.2) is 60.7 Å². The van der Waals surface area contributed by atoms with E-state index in [2.05, 4.69) is 35.4 Å². The number of carboxylic acids is 1. The second-order valence-electron chi connectivity index (χ2n) is 14.2. The fourth-order valence-corrected chi connectivity index (χ4v) is 9.10. The summed E-state index contributed by atoms with van der Waals surface area (Å²) in [5.41, 5.74) is 6.49. The number of carbonyl (C=O) groups is 4. The number of thiophene rings is 1. The van der Waals surface area contributed by atoms with Gasteiger partial charge in [0.15, 0.2) is 5.78 Å². The van der Waals surface area contributed by atoms with Crippen molar-refractivity contribution in [2.75, 3.05) is 19.0 Å². The minimum atomic E-state index is -3.71. The van der Waals surface area contributed by atoms with Crippen molar-refractivity contribution in [1.82, 2.24) is 9.62 Å². The summed E-state index contributed by atoms with van der Waals surface area (Å²) in [5.74, 6) is -1.51. The Morgan fingerprint density at radius 3 is 2.24 bits per heavy atom. The molecule has 63 heavy (non-hydrogen) atoms. The third-order valence-electron chi connectivity index (χ3n) is 9.95. The standard InChI is InChI=1S/C29H32N2O4S.C17H21NO4S.2C2H6/c32-19-30-28-26(24-11-3-1-2-4-12-25(24)36-28)27(33)31-23-10-6-9-20(15-18-23)7-5-8-21-13-16-22(17-14-21)29(34)35;1-5-15(17(20)12-19)10-9-14(3)18(4)23(21,22)16-8-6-7-13(2)11-16;2*1-2/h6,9,13-19H,1-5,7-8,10-12H2,(H,30,32)(H,31,33)(H,34,35);5-11,19H,3,12H2,1-2,4H3;2*1-2H3/b;10-9-,15-5+;;. The number of rotatable bonds is 16. The number of Topliss-reactive ketones (excluding diaryl/α,β-unsaturated/α-hetero) is 1. The number of nitrogens with zero attached hydrogens (tertiary/aromatic N) is 1. The van der Waals surface area contributed by atoms with Crippen LogP contribution >= 0.6 is 11.3 Å². The van der Waals surface area contributed by atoms with Crippen molar-refractivity contribution in [3.63, 3.8) is 0 Å². The Morgan fingerprint density at radius 1 is 0.937 bits per heavy atom. The van der Waals surface area contributed by atoms with E-state index in [9.17, 15) is 27.6 Å². The van der Waals surface area contributed by atoms with Crippen LogP contribution in [0.4, 0.5) is 5.00 Å². The van der Waals surface area contributed by atoms with Crippen molar-refractivity contribution in [2.24, 2.45) is 0 Å². The molecule has 2 amide bonds. The van der Waals surface area contributed by atoms with Crippen LogP contribution in [0.3, 0.4) is 0 Å². The number of hydrogen-bond donors (Lipinski definition) is 4. The first-order chi connectivity index (χ1) is 30.3. The number of sulfonamides is 1. The first-order valence-electron chi connectivity index (χ1n) is 21.6. The van der Waals surface area contributed by atoms with Gasteiger partial charge in [0, 0.05) is 35.3 Å². The second-order valence-corrected chi connectivity index (χ2v) is 17.2. The molecule has 2 aliphatic rings. The van der Waals surface area contributed by atoms with Gasteiger partial charge in [0.2, 0.25) is 6.41 Å². The van der Waals surface area contributed by atoms with Crippen LogP contribution < -0.4 is 10.6 Å². The van der Waals surface area contributed by atoms with Crippen molar-refractivity contribution in [1.29, 1.82) is 0 Å². The van der Waals surface area contributed by atoms with Gasteiger partial charge in [-0.1, -0.05) is 95.7 Å². The normalized spacial score (nSPS) is 13.6. The molecule has 0 atom stereocenters. The Balaban J connectivity index is 0.000000438. The minimum absolute atomic E-state index is 0.154. The van der Waals surface area contributed by atoms with Gasteiger partial charge in [-0.05, 0) is 124 Å². The predicted octanol–water partition coefficient (Wildman–Crippen LogP) is 10.4. The lowest BCUT2D eigenvalue weighted by Crippen LogP contribution is -2.25. The van der Waals surface area contributed by atoms with E-state index in [0.717, 1.165) is 71.6 Å². The zero-order valence-corrected chi connectivity index (χ0v) is 39.5. The van der Waals surface area contributed by atoms with Crippen molar-refractivity contribution < 1.29 is 37.8 Å². The number of likely N-dealkylation sites (N-methyl/N-ethyl adjacent to an activating group) is 1. The van der Waals surface area contributed by atoms with E-state index in [1.165, 1.54) is 66.0 Å². The van der Waals surface area contributed by atoms with E-state index >= 15 is 0 Å². The summed E-state index contributed by atoms with van der Waals surface area (Å²) in [5, 5.41) is 24.4. The second kappa shape index (κ2) is 28.1. The first kappa shape index (κ1) is 53.5. The summed E-state index contributed by atoms with van der Waals surface area (Å²) < 4.78 is 26.1. The quantitative estimate of drug-likeness (QED) is 0.0625. The van der Waals surface area contributed by atoms with Gasteiger partial charge >= 0.3 is 5.97 Å². The maximum atomic E-state index is 13.3. The number of benzene rings is 2. The number of hydrogen-bond acceptors (Lipinski definition) is 8. The highest BCUT2D eigenvalue weighted by Crippen LogP contribution is 2.37. The van der Waals surface area contributed by atoms with Crippen molar-refractivity contribution in [2.45, 2.75) is 111 Å². The molecule has 0 saturated heterocycles. The number of carbonyl (C=O) groups excluding carboxylic acids is 3. The molecule has 0 bridgehead atoms. The van der Waals surface area contributed by atoms with E-state index in [0.29, 0.717) is 29.0 Å². The summed E-state index contributed by atoms with van der Waals surface area (Å²) >= 11 is 1.54. The lowest BCUT2D eigenvalue weighted by molar-refractivity contribution is -0.117. The lowest BCUT2D eigenvalue weighted by atomic mass is 9.96. The molecule has 0 saturated carbocycles. The van der Waals surface area contributed by atoms with E-state index in [-0.39, 0.29) is 22.1 Å². The summed E-state index contributed by atoms with van der Waals surface area (Å²) in [6.07, 6.45) is 23.0. The number of amides is 2. The highest BCUT2D eigenvalue weighted by molar-refractivity contribution is 7.89. The SMILES string of the molecule is C=C(/C=C\C(=C/C)C(=O)CO)N(C)S(=O)(=O)c1cccc(C)c1.CC.CC.O=CNc1sc2c(c1C(=O)NC1=CC=C(CCCc3ccc(C(=O)O)cc3)C=CC1)CCCCCC2. The fourth-order valence-electron chi connectivity index (χ4n) is 6.58. The fraction of sp³-hybridized carbons (Fsp3) is 0.360. The smallest absolute Gasteiger partial charge is 0.335 e. The number of aliphatic hydroxyl groups is 1. The molecule has 0 fully saturated rings. The molecule has 4 N–H and O–H groups in total. The van der Waals surface area contributed by atoms with Crippen LogP contribution in [0.2, 0.25) is 0 Å². The van der Waals surface area contributed by atoms with Gasteiger partial charge in [-0.15, -0.1) is 11.3 Å². The van der Waals surface area contributed by atoms with Crippen LogP contribution in [0.15, 0.2) is 125 Å². The van der Waals surface area contributed by atoms with Gasteiger partial charge in [0.25, 0.3) is 15.9 Å². The minimum Gasteiger partial charge on any atom is -0.478 e. The first-order valence-corrected chi connectivity index (χ1v) is 23.8. The summed E-state index contributed by atoms with van der Waals surface area (Å²) in [6.45, 7) is 14.6. The largest absolute Gasteiger partial charge is 0.478 e. The molecular weight excluding hydrogens is 835 g/mol. The van der Waals surface area contributed by atoms with Crippen molar-refractivity contribution >= 4 is 50.4 Å². The van der Waals surface area contributed by atoms with Crippen LogP contribution in [0.5, 0.6) is 0 Å². The lowest BCUT2D eigenvalue weighted by Gasteiger charge is -2.19. The molecule has 340 valence electrons. The molecule has 0 aliphatic heterocycles. The highest BCUT2D eigenvalue weighted by Gasteiger charge is 2.25. The van der Waals surface area contributed by atoms with Crippen LogP contribution in [0.25, 0.3) is 0 Å². The maximum absolute atomic E-state index is 13.3. The average Bonchev–Trinajstić information content (AvgIpc) is 3.45.